The molecule has 1 aromatic rings. The number of carbonyl (C=O) groups is 3. The number of piperazine rings is 1. The SMILES string of the molecule is Cc1cccc(OCC(=O)N2CCN(C(=O)C3CC(=O)N(C(C)C)C3)CC2)c1C. The Morgan fingerprint density at radius 3 is 2.38 bits per heavy atom. The molecule has 2 aliphatic heterocycles. The van der Waals surface area contributed by atoms with Crippen molar-refractivity contribution in [3.05, 3.63) is 29.3 Å². The smallest absolute Gasteiger partial charge is 0.260 e. The van der Waals surface area contributed by atoms with Crippen LogP contribution in [-0.2, 0) is 14.4 Å². The molecule has 2 heterocycles. The lowest BCUT2D eigenvalue weighted by molar-refractivity contribution is -0.142. The Hall–Kier alpha value is -2.57. The number of carbonyl (C=O) groups excluding carboxylic acids is 3. The molecule has 1 unspecified atom stereocenters. The Labute approximate surface area is 172 Å². The number of amides is 3. The summed E-state index contributed by atoms with van der Waals surface area (Å²) >= 11 is 0. The van der Waals surface area contributed by atoms with Crippen LogP contribution in [0.25, 0.3) is 0 Å². The minimum atomic E-state index is -0.264. The largest absolute Gasteiger partial charge is 0.483 e. The molecule has 1 aromatic carbocycles. The highest BCUT2D eigenvalue weighted by Gasteiger charge is 2.38. The van der Waals surface area contributed by atoms with Crippen molar-refractivity contribution in [3.63, 3.8) is 0 Å². The van der Waals surface area contributed by atoms with E-state index in [1.54, 1.807) is 14.7 Å². The normalized spacial score (nSPS) is 19.8. The predicted octanol–water partition coefficient (Wildman–Crippen LogP) is 1.61. The Bertz CT molecular complexity index is 784. The molecule has 3 rings (SSSR count). The van der Waals surface area contributed by atoms with E-state index in [9.17, 15) is 14.4 Å². The van der Waals surface area contributed by atoms with E-state index in [-0.39, 0.29) is 36.3 Å². The molecular formula is C22H31N3O4. The van der Waals surface area contributed by atoms with E-state index in [1.165, 1.54) is 0 Å². The van der Waals surface area contributed by atoms with Crippen molar-refractivity contribution in [2.24, 2.45) is 5.92 Å². The van der Waals surface area contributed by atoms with Crippen LogP contribution in [0.5, 0.6) is 5.75 Å². The molecule has 0 bridgehead atoms. The van der Waals surface area contributed by atoms with Crippen molar-refractivity contribution in [3.8, 4) is 5.75 Å². The van der Waals surface area contributed by atoms with Crippen molar-refractivity contribution in [2.75, 3.05) is 39.3 Å². The number of nitrogens with zero attached hydrogens (tertiary/aromatic N) is 3. The minimum Gasteiger partial charge on any atom is -0.483 e. The summed E-state index contributed by atoms with van der Waals surface area (Å²) in [6.07, 6.45) is 0.292. The molecule has 7 heteroatoms. The highest BCUT2D eigenvalue weighted by Crippen LogP contribution is 2.23. The molecule has 0 spiro atoms. The molecule has 2 aliphatic rings. The van der Waals surface area contributed by atoms with E-state index in [0.29, 0.717) is 39.1 Å². The highest BCUT2D eigenvalue weighted by molar-refractivity contribution is 5.89. The fraction of sp³-hybridized carbons (Fsp3) is 0.591. The molecule has 0 aromatic heterocycles. The fourth-order valence-corrected chi connectivity index (χ4v) is 3.94. The van der Waals surface area contributed by atoms with Crippen LogP contribution in [0.2, 0.25) is 0 Å². The average molecular weight is 402 g/mol. The van der Waals surface area contributed by atoms with Crippen LogP contribution < -0.4 is 4.74 Å². The van der Waals surface area contributed by atoms with Gasteiger partial charge in [0, 0.05) is 45.2 Å². The number of hydrogen-bond acceptors (Lipinski definition) is 4. The third-order valence-electron chi connectivity index (χ3n) is 5.98. The lowest BCUT2D eigenvalue weighted by Crippen LogP contribution is -2.53. The third-order valence-corrected chi connectivity index (χ3v) is 5.98. The zero-order chi connectivity index (χ0) is 21.1. The Morgan fingerprint density at radius 2 is 1.76 bits per heavy atom. The van der Waals surface area contributed by atoms with Crippen LogP contribution in [0.3, 0.4) is 0 Å². The summed E-state index contributed by atoms with van der Waals surface area (Å²) in [4.78, 5) is 42.7. The van der Waals surface area contributed by atoms with Gasteiger partial charge in [-0.25, -0.2) is 0 Å². The van der Waals surface area contributed by atoms with Gasteiger partial charge in [-0.15, -0.1) is 0 Å². The number of benzene rings is 1. The maximum atomic E-state index is 12.8. The van der Waals surface area contributed by atoms with Gasteiger partial charge in [0.25, 0.3) is 5.91 Å². The lowest BCUT2D eigenvalue weighted by atomic mass is 10.1. The van der Waals surface area contributed by atoms with Crippen molar-refractivity contribution in [1.29, 1.82) is 0 Å². The number of rotatable bonds is 5. The van der Waals surface area contributed by atoms with E-state index in [0.717, 1.165) is 16.9 Å². The summed E-state index contributed by atoms with van der Waals surface area (Å²) in [5, 5.41) is 0. The van der Waals surface area contributed by atoms with Crippen LogP contribution in [0.4, 0.5) is 0 Å². The second kappa shape index (κ2) is 8.84. The van der Waals surface area contributed by atoms with E-state index >= 15 is 0 Å². The van der Waals surface area contributed by atoms with Crippen LogP contribution in [-0.4, -0.2) is 77.8 Å². The molecule has 1 atom stereocenters. The van der Waals surface area contributed by atoms with Gasteiger partial charge in [-0.05, 0) is 44.9 Å². The van der Waals surface area contributed by atoms with Crippen LogP contribution in [0.15, 0.2) is 18.2 Å². The van der Waals surface area contributed by atoms with Gasteiger partial charge < -0.3 is 19.4 Å². The summed E-state index contributed by atoms with van der Waals surface area (Å²) in [5.41, 5.74) is 2.17. The summed E-state index contributed by atoms with van der Waals surface area (Å²) in [6.45, 7) is 10.4. The van der Waals surface area contributed by atoms with Crippen LogP contribution in [0.1, 0.15) is 31.4 Å². The molecule has 158 valence electrons. The standard InChI is InChI=1S/C22H31N3O4/c1-15(2)25-13-18(12-20(25)26)22(28)24-10-8-23(9-11-24)21(27)14-29-19-7-5-6-16(3)17(19)4/h5-7,15,18H,8-14H2,1-4H3. The number of ether oxygens (including phenoxy) is 1. The van der Waals surface area contributed by atoms with Gasteiger partial charge in [0.1, 0.15) is 5.75 Å². The topological polar surface area (TPSA) is 70.2 Å². The van der Waals surface area contributed by atoms with Crippen molar-refractivity contribution in [2.45, 2.75) is 40.2 Å². The van der Waals surface area contributed by atoms with Gasteiger partial charge in [-0.1, -0.05) is 12.1 Å². The predicted molar refractivity (Wildman–Crippen MR) is 110 cm³/mol. The molecule has 3 amide bonds. The monoisotopic (exact) mass is 401 g/mol. The molecule has 2 fully saturated rings. The first kappa shape index (κ1) is 21.1. The Balaban J connectivity index is 1.47. The summed E-state index contributed by atoms with van der Waals surface area (Å²) in [5.74, 6) is 0.476. The van der Waals surface area contributed by atoms with Gasteiger partial charge in [0.05, 0.1) is 5.92 Å². The number of hydrogen-bond donors (Lipinski definition) is 0. The van der Waals surface area contributed by atoms with Gasteiger partial charge in [-0.2, -0.15) is 0 Å². The van der Waals surface area contributed by atoms with E-state index in [2.05, 4.69) is 0 Å². The summed E-state index contributed by atoms with van der Waals surface area (Å²) in [7, 11) is 0. The molecule has 0 saturated carbocycles. The van der Waals surface area contributed by atoms with E-state index < -0.39 is 0 Å². The number of aryl methyl sites for hydroxylation is 1. The number of likely N-dealkylation sites (tertiary alicyclic amines) is 1. The molecule has 0 N–H and O–H groups in total. The molecule has 29 heavy (non-hydrogen) atoms. The van der Waals surface area contributed by atoms with E-state index in [4.69, 9.17) is 4.74 Å². The van der Waals surface area contributed by atoms with Gasteiger partial charge in [0.2, 0.25) is 11.8 Å². The quantitative estimate of drug-likeness (QED) is 0.752. The molecule has 7 nitrogen and oxygen atoms in total. The zero-order valence-corrected chi connectivity index (χ0v) is 17.8. The van der Waals surface area contributed by atoms with Gasteiger partial charge in [-0.3, -0.25) is 14.4 Å². The average Bonchev–Trinajstić information content (AvgIpc) is 3.10. The molecule has 2 saturated heterocycles. The van der Waals surface area contributed by atoms with Crippen molar-refractivity contribution >= 4 is 17.7 Å². The maximum Gasteiger partial charge on any atom is 0.260 e. The second-order valence-electron chi connectivity index (χ2n) is 8.23. The Morgan fingerprint density at radius 1 is 1.10 bits per heavy atom. The first-order chi connectivity index (χ1) is 13.8. The first-order valence-electron chi connectivity index (χ1n) is 10.3. The second-order valence-corrected chi connectivity index (χ2v) is 8.23. The van der Waals surface area contributed by atoms with Gasteiger partial charge in [0.15, 0.2) is 6.61 Å². The van der Waals surface area contributed by atoms with Crippen molar-refractivity contribution in [1.82, 2.24) is 14.7 Å². The minimum absolute atomic E-state index is 0.00127. The lowest BCUT2D eigenvalue weighted by Gasteiger charge is -2.36. The Kier molecular flexibility index (Phi) is 6.45. The fourth-order valence-electron chi connectivity index (χ4n) is 3.94. The maximum absolute atomic E-state index is 12.8. The first-order valence-corrected chi connectivity index (χ1v) is 10.3. The zero-order valence-electron chi connectivity index (χ0n) is 17.8. The van der Waals surface area contributed by atoms with Crippen LogP contribution >= 0.6 is 0 Å². The van der Waals surface area contributed by atoms with E-state index in [1.807, 2.05) is 45.9 Å². The summed E-state index contributed by atoms with van der Waals surface area (Å²) in [6, 6.07) is 5.92. The molecule has 0 aliphatic carbocycles. The third kappa shape index (κ3) is 4.71. The highest BCUT2D eigenvalue weighted by atomic mass is 16.5. The molecular weight excluding hydrogens is 370 g/mol. The molecule has 0 radical (unpaired) electrons. The van der Waals surface area contributed by atoms with Crippen molar-refractivity contribution < 1.29 is 19.1 Å². The summed E-state index contributed by atoms with van der Waals surface area (Å²) < 4.78 is 5.72. The van der Waals surface area contributed by atoms with Crippen LogP contribution in [0, 0.1) is 19.8 Å². The van der Waals surface area contributed by atoms with Gasteiger partial charge >= 0.3 is 0 Å².